The van der Waals surface area contributed by atoms with Gasteiger partial charge in [0.25, 0.3) is 0 Å². The van der Waals surface area contributed by atoms with E-state index in [2.05, 4.69) is 45.0 Å². The largest absolute Gasteiger partial charge is 0.317 e. The van der Waals surface area contributed by atoms with Crippen molar-refractivity contribution in [3.05, 3.63) is 66.0 Å². The molecule has 1 aliphatic rings. The van der Waals surface area contributed by atoms with Crippen molar-refractivity contribution in [2.24, 2.45) is 7.05 Å². The first kappa shape index (κ1) is 18.4. The number of piperidine rings is 1. The fourth-order valence-corrected chi connectivity index (χ4v) is 3.57. The third-order valence-corrected chi connectivity index (χ3v) is 5.16. The first-order valence-corrected chi connectivity index (χ1v) is 9.75. The molecule has 0 radical (unpaired) electrons. The number of nitrogens with one attached hydrogen (secondary N) is 2. The lowest BCUT2D eigenvalue weighted by molar-refractivity contribution is -0.115. The van der Waals surface area contributed by atoms with Gasteiger partial charge in [-0.1, -0.05) is 54.6 Å². The van der Waals surface area contributed by atoms with Crippen molar-refractivity contribution in [1.82, 2.24) is 20.1 Å². The lowest BCUT2D eigenvalue weighted by Crippen LogP contribution is -2.27. The van der Waals surface area contributed by atoms with Crippen LogP contribution in [0.25, 0.3) is 11.1 Å². The lowest BCUT2D eigenvalue weighted by Gasteiger charge is -2.19. The number of nitrogens with zero attached hydrogens (tertiary/aromatic N) is 3. The molecule has 4 rings (SSSR count). The first-order chi connectivity index (χ1) is 13.7. The molecule has 0 atom stereocenters. The minimum absolute atomic E-state index is 0.0835. The fourth-order valence-electron chi connectivity index (χ4n) is 3.57. The predicted octanol–water partition coefficient (Wildman–Crippen LogP) is 3.13. The highest BCUT2D eigenvalue weighted by Gasteiger charge is 2.21. The number of benzene rings is 2. The van der Waals surface area contributed by atoms with Gasteiger partial charge in [0.2, 0.25) is 11.9 Å². The molecule has 0 bridgehead atoms. The molecule has 0 saturated carbocycles. The van der Waals surface area contributed by atoms with Crippen LogP contribution in [0.4, 0.5) is 5.95 Å². The van der Waals surface area contributed by atoms with Gasteiger partial charge < -0.3 is 5.32 Å². The van der Waals surface area contributed by atoms with Crippen LogP contribution in [-0.2, 0) is 18.3 Å². The van der Waals surface area contributed by atoms with Gasteiger partial charge in [0, 0.05) is 13.0 Å². The average molecular weight is 375 g/mol. The summed E-state index contributed by atoms with van der Waals surface area (Å²) in [5.41, 5.74) is 3.28. The zero-order valence-corrected chi connectivity index (χ0v) is 16.1. The van der Waals surface area contributed by atoms with Crippen molar-refractivity contribution < 1.29 is 4.79 Å². The Kier molecular flexibility index (Phi) is 5.48. The van der Waals surface area contributed by atoms with Crippen molar-refractivity contribution in [2.45, 2.75) is 25.2 Å². The van der Waals surface area contributed by atoms with Crippen LogP contribution in [0.3, 0.4) is 0 Å². The molecule has 0 aliphatic carbocycles. The van der Waals surface area contributed by atoms with E-state index in [0.29, 0.717) is 18.3 Å². The number of carbonyl (C=O) groups is 1. The molecule has 0 spiro atoms. The van der Waals surface area contributed by atoms with Crippen LogP contribution in [0.5, 0.6) is 0 Å². The first-order valence-electron chi connectivity index (χ1n) is 9.75. The lowest BCUT2D eigenvalue weighted by atomic mass is 9.98. The van der Waals surface area contributed by atoms with Crippen LogP contribution >= 0.6 is 0 Å². The van der Waals surface area contributed by atoms with Crippen molar-refractivity contribution in [3.63, 3.8) is 0 Å². The molecule has 28 heavy (non-hydrogen) atoms. The molecule has 1 aliphatic heterocycles. The molecule has 2 heterocycles. The van der Waals surface area contributed by atoms with Gasteiger partial charge in [0.15, 0.2) is 5.82 Å². The SMILES string of the molecule is Cn1nc(C2CCNCC2)nc1NC(=O)Cc1ccc(-c2ccccc2)cc1. The Morgan fingerprint density at radius 3 is 2.46 bits per heavy atom. The Morgan fingerprint density at radius 1 is 1.07 bits per heavy atom. The molecule has 2 aromatic carbocycles. The van der Waals surface area contributed by atoms with Crippen LogP contribution in [0.1, 0.15) is 30.1 Å². The summed E-state index contributed by atoms with van der Waals surface area (Å²) in [5.74, 6) is 1.62. The Hall–Kier alpha value is -2.99. The summed E-state index contributed by atoms with van der Waals surface area (Å²) in [6.07, 6.45) is 2.38. The van der Waals surface area contributed by atoms with Gasteiger partial charge in [-0.2, -0.15) is 10.1 Å². The van der Waals surface area contributed by atoms with Gasteiger partial charge in [0.05, 0.1) is 6.42 Å². The van der Waals surface area contributed by atoms with Gasteiger partial charge in [0.1, 0.15) is 0 Å². The maximum Gasteiger partial charge on any atom is 0.231 e. The zero-order chi connectivity index (χ0) is 19.3. The predicted molar refractivity (Wildman–Crippen MR) is 110 cm³/mol. The summed E-state index contributed by atoms with van der Waals surface area (Å²) in [7, 11) is 1.82. The van der Waals surface area contributed by atoms with E-state index >= 15 is 0 Å². The van der Waals surface area contributed by atoms with E-state index < -0.39 is 0 Å². The second kappa shape index (κ2) is 8.35. The number of hydrogen-bond acceptors (Lipinski definition) is 4. The minimum atomic E-state index is -0.0835. The Labute approximate surface area is 165 Å². The van der Waals surface area contributed by atoms with Crippen molar-refractivity contribution in [3.8, 4) is 11.1 Å². The molecule has 0 unspecified atom stereocenters. The highest BCUT2D eigenvalue weighted by molar-refractivity contribution is 5.90. The summed E-state index contributed by atoms with van der Waals surface area (Å²) < 4.78 is 1.66. The third-order valence-electron chi connectivity index (χ3n) is 5.16. The molecule has 6 heteroatoms. The third kappa shape index (κ3) is 4.28. The van der Waals surface area contributed by atoms with E-state index in [1.807, 2.05) is 37.4 Å². The molecule has 1 amide bonds. The van der Waals surface area contributed by atoms with Crippen LogP contribution in [0.15, 0.2) is 54.6 Å². The highest BCUT2D eigenvalue weighted by Crippen LogP contribution is 2.23. The Balaban J connectivity index is 1.38. The number of aromatic nitrogens is 3. The highest BCUT2D eigenvalue weighted by atomic mass is 16.1. The summed E-state index contributed by atoms with van der Waals surface area (Å²) in [6.45, 7) is 1.98. The maximum absolute atomic E-state index is 12.5. The number of amides is 1. The number of carbonyl (C=O) groups excluding carboxylic acids is 1. The molecular formula is C22H25N5O. The van der Waals surface area contributed by atoms with Crippen molar-refractivity contribution in [2.75, 3.05) is 18.4 Å². The number of aryl methyl sites for hydroxylation is 1. The van der Waals surface area contributed by atoms with Gasteiger partial charge in [-0.25, -0.2) is 4.68 Å². The molecule has 3 aromatic rings. The number of anilines is 1. The minimum Gasteiger partial charge on any atom is -0.317 e. The molecule has 144 valence electrons. The van der Waals surface area contributed by atoms with Crippen molar-refractivity contribution >= 4 is 11.9 Å². The average Bonchev–Trinajstić information content (AvgIpc) is 3.10. The summed E-state index contributed by atoms with van der Waals surface area (Å²) >= 11 is 0. The smallest absolute Gasteiger partial charge is 0.231 e. The van der Waals surface area contributed by atoms with E-state index in [4.69, 9.17) is 0 Å². The topological polar surface area (TPSA) is 71.8 Å². The molecule has 6 nitrogen and oxygen atoms in total. The van der Waals surface area contributed by atoms with Crippen LogP contribution < -0.4 is 10.6 Å². The second-order valence-corrected chi connectivity index (χ2v) is 7.23. The summed E-state index contributed by atoms with van der Waals surface area (Å²) in [5, 5.41) is 10.7. The van der Waals surface area contributed by atoms with Gasteiger partial charge in [-0.15, -0.1) is 0 Å². The quantitative estimate of drug-likeness (QED) is 0.719. The Morgan fingerprint density at radius 2 is 1.75 bits per heavy atom. The summed E-state index contributed by atoms with van der Waals surface area (Å²) in [6, 6.07) is 18.3. The van der Waals surface area contributed by atoms with Crippen molar-refractivity contribution in [1.29, 1.82) is 0 Å². The van der Waals surface area contributed by atoms with Gasteiger partial charge in [-0.3, -0.25) is 10.1 Å². The zero-order valence-electron chi connectivity index (χ0n) is 16.1. The van der Waals surface area contributed by atoms with E-state index in [9.17, 15) is 4.79 Å². The van der Waals surface area contributed by atoms with Crippen LogP contribution in [0.2, 0.25) is 0 Å². The number of rotatable bonds is 5. The molecular weight excluding hydrogens is 350 g/mol. The van der Waals surface area contributed by atoms with E-state index in [-0.39, 0.29) is 5.91 Å². The Bertz CT molecular complexity index is 927. The molecule has 1 saturated heterocycles. The normalized spacial score (nSPS) is 14.8. The molecule has 1 aromatic heterocycles. The van der Waals surface area contributed by atoms with Gasteiger partial charge in [-0.05, 0) is 42.6 Å². The summed E-state index contributed by atoms with van der Waals surface area (Å²) in [4.78, 5) is 17.0. The van der Waals surface area contributed by atoms with E-state index in [0.717, 1.165) is 42.9 Å². The standard InChI is InChI=1S/C22H25N5O/c1-27-22(25-21(26-27)19-11-13-23-14-12-19)24-20(28)15-16-7-9-18(10-8-16)17-5-3-2-4-6-17/h2-10,19,23H,11-15H2,1H3,(H,24,25,26,28). The van der Waals surface area contributed by atoms with Crippen LogP contribution in [-0.4, -0.2) is 33.8 Å². The monoisotopic (exact) mass is 375 g/mol. The van der Waals surface area contributed by atoms with E-state index in [1.165, 1.54) is 5.56 Å². The second-order valence-electron chi connectivity index (χ2n) is 7.23. The van der Waals surface area contributed by atoms with Crippen LogP contribution in [0, 0.1) is 0 Å². The maximum atomic E-state index is 12.5. The molecule has 2 N–H and O–H groups in total. The van der Waals surface area contributed by atoms with Gasteiger partial charge >= 0.3 is 0 Å². The van der Waals surface area contributed by atoms with E-state index in [1.54, 1.807) is 4.68 Å². The number of hydrogen-bond donors (Lipinski definition) is 2. The fraction of sp³-hybridized carbons (Fsp3) is 0.318. The molecule has 1 fully saturated rings.